The maximum Gasteiger partial charge on any atom is 0.326 e. The van der Waals surface area contributed by atoms with Crippen molar-refractivity contribution < 1.29 is 9.53 Å². The minimum Gasteiger partial charge on any atom is -0.459 e. The van der Waals surface area contributed by atoms with Crippen LogP contribution in [0.3, 0.4) is 0 Å². The van der Waals surface area contributed by atoms with Crippen molar-refractivity contribution in [2.24, 2.45) is 5.73 Å². The van der Waals surface area contributed by atoms with Crippen LogP contribution in [0.25, 0.3) is 0 Å². The Morgan fingerprint density at radius 1 is 1.00 bits per heavy atom. The molecule has 0 saturated heterocycles. The van der Waals surface area contributed by atoms with Crippen LogP contribution in [0.15, 0.2) is 60.7 Å². The van der Waals surface area contributed by atoms with Crippen molar-refractivity contribution in [1.82, 2.24) is 0 Å². The summed E-state index contributed by atoms with van der Waals surface area (Å²) in [5.41, 5.74) is 7.04. The van der Waals surface area contributed by atoms with Gasteiger partial charge in [0, 0.05) is 6.42 Å². The summed E-state index contributed by atoms with van der Waals surface area (Å²) in [5, 5.41) is 0. The summed E-state index contributed by atoms with van der Waals surface area (Å²) in [6.07, 6.45) is 0.460. The van der Waals surface area contributed by atoms with E-state index in [9.17, 15) is 4.79 Å². The van der Waals surface area contributed by atoms with Crippen molar-refractivity contribution in [2.75, 3.05) is 0 Å². The Kier molecular flexibility index (Phi) is 4.53. The highest BCUT2D eigenvalue weighted by Gasteiger charge is 2.30. The van der Waals surface area contributed by atoms with Gasteiger partial charge in [0.15, 0.2) is 0 Å². The van der Waals surface area contributed by atoms with Crippen LogP contribution in [-0.2, 0) is 22.6 Å². The lowest BCUT2D eigenvalue weighted by Crippen LogP contribution is -2.48. The molecule has 0 aliphatic rings. The minimum atomic E-state index is -1.02. The van der Waals surface area contributed by atoms with Crippen molar-refractivity contribution in [3.05, 3.63) is 71.8 Å². The molecule has 0 saturated carbocycles. The lowest BCUT2D eigenvalue weighted by atomic mass is 9.94. The molecule has 2 aromatic carbocycles. The van der Waals surface area contributed by atoms with Gasteiger partial charge in [-0.05, 0) is 18.1 Å². The summed E-state index contributed by atoms with van der Waals surface area (Å²) in [6, 6.07) is 19.3. The Bertz CT molecular complexity index is 550. The van der Waals surface area contributed by atoms with Gasteiger partial charge in [0.25, 0.3) is 0 Å². The molecule has 3 heteroatoms. The zero-order valence-electron chi connectivity index (χ0n) is 11.6. The highest BCUT2D eigenvalue weighted by atomic mass is 16.5. The average molecular weight is 269 g/mol. The highest BCUT2D eigenvalue weighted by Crippen LogP contribution is 2.13. The number of rotatable bonds is 5. The molecular formula is C17H19NO2. The van der Waals surface area contributed by atoms with Crippen molar-refractivity contribution in [1.29, 1.82) is 0 Å². The first-order valence-electron chi connectivity index (χ1n) is 6.62. The van der Waals surface area contributed by atoms with E-state index in [1.807, 2.05) is 60.7 Å². The van der Waals surface area contributed by atoms with Crippen molar-refractivity contribution in [2.45, 2.75) is 25.5 Å². The van der Waals surface area contributed by atoms with Gasteiger partial charge in [-0.2, -0.15) is 0 Å². The monoisotopic (exact) mass is 269 g/mol. The zero-order chi connectivity index (χ0) is 14.4. The molecule has 1 atom stereocenters. The zero-order valence-corrected chi connectivity index (χ0v) is 11.6. The Labute approximate surface area is 119 Å². The minimum absolute atomic E-state index is 0.251. The maximum atomic E-state index is 12.1. The third-order valence-electron chi connectivity index (χ3n) is 3.09. The molecule has 0 aliphatic carbocycles. The fourth-order valence-corrected chi connectivity index (χ4v) is 1.98. The van der Waals surface area contributed by atoms with Crippen LogP contribution in [0.2, 0.25) is 0 Å². The Morgan fingerprint density at radius 3 is 2.05 bits per heavy atom. The summed E-state index contributed by atoms with van der Waals surface area (Å²) < 4.78 is 5.30. The van der Waals surface area contributed by atoms with E-state index >= 15 is 0 Å². The van der Waals surface area contributed by atoms with Gasteiger partial charge >= 0.3 is 5.97 Å². The maximum absolute atomic E-state index is 12.1. The molecule has 0 bridgehead atoms. The van der Waals surface area contributed by atoms with Crippen LogP contribution in [0.1, 0.15) is 18.1 Å². The quantitative estimate of drug-likeness (QED) is 0.849. The van der Waals surface area contributed by atoms with E-state index in [0.717, 1.165) is 11.1 Å². The number of carbonyl (C=O) groups is 1. The van der Waals surface area contributed by atoms with Crippen LogP contribution in [0.5, 0.6) is 0 Å². The summed E-state index contributed by atoms with van der Waals surface area (Å²) in [5.74, 6) is -0.384. The van der Waals surface area contributed by atoms with Crippen LogP contribution < -0.4 is 5.73 Å². The Hall–Kier alpha value is -2.13. The fraction of sp³-hybridized carbons (Fsp3) is 0.235. The van der Waals surface area contributed by atoms with Crippen LogP contribution in [0.4, 0.5) is 0 Å². The van der Waals surface area contributed by atoms with E-state index in [-0.39, 0.29) is 12.6 Å². The van der Waals surface area contributed by atoms with Crippen molar-refractivity contribution in [3.8, 4) is 0 Å². The number of nitrogens with two attached hydrogens (primary N) is 1. The second-order valence-electron chi connectivity index (χ2n) is 5.14. The molecule has 3 nitrogen and oxygen atoms in total. The van der Waals surface area contributed by atoms with Gasteiger partial charge in [-0.3, -0.25) is 4.79 Å². The van der Waals surface area contributed by atoms with Gasteiger partial charge in [-0.15, -0.1) is 0 Å². The Morgan fingerprint density at radius 2 is 1.50 bits per heavy atom. The van der Waals surface area contributed by atoms with Crippen LogP contribution in [-0.4, -0.2) is 11.5 Å². The number of esters is 1. The number of carbonyl (C=O) groups excluding carboxylic acids is 1. The molecule has 20 heavy (non-hydrogen) atoms. The first-order chi connectivity index (χ1) is 9.58. The molecule has 0 spiro atoms. The molecule has 2 aromatic rings. The highest BCUT2D eigenvalue weighted by molar-refractivity contribution is 5.80. The fourth-order valence-electron chi connectivity index (χ4n) is 1.98. The van der Waals surface area contributed by atoms with Gasteiger partial charge < -0.3 is 10.5 Å². The average Bonchev–Trinajstić information content (AvgIpc) is 2.46. The first-order valence-corrected chi connectivity index (χ1v) is 6.62. The summed E-state index contributed by atoms with van der Waals surface area (Å²) >= 11 is 0. The van der Waals surface area contributed by atoms with E-state index in [0.29, 0.717) is 6.42 Å². The predicted molar refractivity (Wildman–Crippen MR) is 79.0 cm³/mol. The van der Waals surface area contributed by atoms with E-state index in [2.05, 4.69) is 0 Å². The van der Waals surface area contributed by atoms with Gasteiger partial charge in [-0.25, -0.2) is 0 Å². The lowest BCUT2D eigenvalue weighted by molar-refractivity contribution is -0.150. The van der Waals surface area contributed by atoms with E-state index in [4.69, 9.17) is 10.5 Å². The molecule has 0 fully saturated rings. The molecule has 0 amide bonds. The van der Waals surface area contributed by atoms with Crippen molar-refractivity contribution in [3.63, 3.8) is 0 Å². The third kappa shape index (κ3) is 3.93. The number of hydrogen-bond acceptors (Lipinski definition) is 3. The van der Waals surface area contributed by atoms with Gasteiger partial charge in [0.1, 0.15) is 12.1 Å². The normalized spacial score (nSPS) is 13.5. The van der Waals surface area contributed by atoms with Gasteiger partial charge in [0.2, 0.25) is 0 Å². The lowest BCUT2D eigenvalue weighted by Gasteiger charge is -2.22. The van der Waals surface area contributed by atoms with E-state index in [1.54, 1.807) is 6.92 Å². The topological polar surface area (TPSA) is 52.3 Å². The van der Waals surface area contributed by atoms with Crippen LogP contribution >= 0.6 is 0 Å². The smallest absolute Gasteiger partial charge is 0.326 e. The second-order valence-corrected chi connectivity index (χ2v) is 5.14. The molecular weight excluding hydrogens is 250 g/mol. The van der Waals surface area contributed by atoms with Gasteiger partial charge in [0.05, 0.1) is 0 Å². The third-order valence-corrected chi connectivity index (χ3v) is 3.09. The predicted octanol–water partition coefficient (Wildman–Crippen LogP) is 2.69. The number of ether oxygens (including phenoxy) is 1. The van der Waals surface area contributed by atoms with E-state index < -0.39 is 5.54 Å². The molecule has 0 heterocycles. The molecule has 104 valence electrons. The number of benzene rings is 2. The van der Waals surface area contributed by atoms with E-state index in [1.165, 1.54) is 0 Å². The molecule has 2 N–H and O–H groups in total. The SMILES string of the molecule is CC(N)(Cc1ccccc1)C(=O)OCc1ccccc1. The molecule has 0 aromatic heterocycles. The summed E-state index contributed by atoms with van der Waals surface area (Å²) in [7, 11) is 0. The second kappa shape index (κ2) is 6.35. The molecule has 2 rings (SSSR count). The molecule has 0 radical (unpaired) electrons. The summed E-state index contributed by atoms with van der Waals surface area (Å²) in [6.45, 7) is 1.95. The van der Waals surface area contributed by atoms with Crippen LogP contribution in [0, 0.1) is 0 Å². The van der Waals surface area contributed by atoms with Gasteiger partial charge in [-0.1, -0.05) is 60.7 Å². The Balaban J connectivity index is 1.93. The molecule has 0 aliphatic heterocycles. The van der Waals surface area contributed by atoms with Crippen molar-refractivity contribution >= 4 is 5.97 Å². The first kappa shape index (κ1) is 14.3. The molecule has 1 unspecified atom stereocenters. The standard InChI is InChI=1S/C17H19NO2/c1-17(18,12-14-8-4-2-5-9-14)16(19)20-13-15-10-6-3-7-11-15/h2-11H,12-13,18H2,1H3. The largest absolute Gasteiger partial charge is 0.459 e. The summed E-state index contributed by atoms with van der Waals surface area (Å²) in [4.78, 5) is 12.1. The number of hydrogen-bond donors (Lipinski definition) is 1.